The number of rotatable bonds is 19. The van der Waals surface area contributed by atoms with Crippen LogP contribution in [0.3, 0.4) is 0 Å². The molecule has 24 nitrogen and oxygen atoms in total. The van der Waals surface area contributed by atoms with Crippen molar-refractivity contribution in [3.8, 4) is 0 Å². The minimum Gasteiger partial charge on any atom is -0.393 e. The van der Waals surface area contributed by atoms with Crippen LogP contribution in [0.1, 0.15) is 77.6 Å². The van der Waals surface area contributed by atoms with Gasteiger partial charge >= 0.3 is 0 Å². The Hall–Kier alpha value is -0.960. The van der Waals surface area contributed by atoms with Crippen LogP contribution in [-0.2, 0) is 80.5 Å². The summed E-state index contributed by atoms with van der Waals surface area (Å²) in [4.78, 5) is 0. The molecular weight excluding hydrogens is 948 g/mol. The predicted molar refractivity (Wildman–Crippen MR) is 237 cm³/mol. The summed E-state index contributed by atoms with van der Waals surface area (Å²) in [7, 11) is 3.10. The van der Waals surface area contributed by atoms with Crippen LogP contribution in [-0.4, -0.2) is 251 Å². The topological polar surface area (TPSA) is 299 Å². The van der Waals surface area contributed by atoms with Gasteiger partial charge in [0.05, 0.1) is 121 Å². The Kier molecular flexibility index (Phi) is 21.7. The summed E-state index contributed by atoms with van der Waals surface area (Å²) in [5, 5.41) is 75.3. The highest BCUT2D eigenvalue weighted by atomic mass is 16.8. The van der Waals surface area contributed by atoms with E-state index in [0.29, 0.717) is 45.1 Å². The second-order valence-electron chi connectivity index (χ2n) is 20.1. The van der Waals surface area contributed by atoms with Crippen molar-refractivity contribution in [2.24, 2.45) is 5.92 Å². The van der Waals surface area contributed by atoms with Gasteiger partial charge in [0, 0.05) is 65.1 Å². The van der Waals surface area contributed by atoms with Crippen molar-refractivity contribution in [2.45, 2.75) is 219 Å². The zero-order valence-electron chi connectivity index (χ0n) is 41.1. The highest BCUT2D eigenvalue weighted by Crippen LogP contribution is 2.35. The standard InChI is InChI=1S/C47H80O24/c1-4-5-34(50)33-10-28(19-60-41(33)66-27-8-24(48)16-57-18-27)67-44-37(53)12-29(20-62-44)68-42-35(51)11-26(6-7-58-42)65-43-36(52)13-30(21-61-43)69-45-38(54)14-31(22-63-45)70-47-40(56-3)15-32(23-64-47)71-46-39(55-2)9-25(49)17-59-46/h24-54H,4-23H2,1-3H3/t24-,25+,26-,27+,28+,29+,30+,31+,32+,33+,34?,35-,36-,37-,38-,39-,40-,41-,42-,43-,44-,45-,46-,47-/m1/s1. The second-order valence-corrected chi connectivity index (χ2v) is 20.1. The quantitative estimate of drug-likeness (QED) is 0.0791. The molecule has 8 fully saturated rings. The third-order valence-electron chi connectivity index (χ3n) is 14.3. The molecule has 0 aromatic rings. The highest BCUT2D eigenvalue weighted by molar-refractivity contribution is 4.87. The molecular formula is C47H80O24. The first-order valence-corrected chi connectivity index (χ1v) is 25.6. The zero-order valence-corrected chi connectivity index (χ0v) is 41.1. The number of methoxy groups -OCH3 is 2. The van der Waals surface area contributed by atoms with E-state index >= 15 is 0 Å². The molecule has 8 heterocycles. The van der Waals surface area contributed by atoms with Crippen molar-refractivity contribution in [2.75, 3.05) is 73.7 Å². The fourth-order valence-electron chi connectivity index (χ4n) is 10.5. The van der Waals surface area contributed by atoms with Gasteiger partial charge in [-0.2, -0.15) is 0 Å². The lowest BCUT2D eigenvalue weighted by molar-refractivity contribution is -0.325. The lowest BCUT2D eigenvalue weighted by atomic mass is 9.90. The summed E-state index contributed by atoms with van der Waals surface area (Å²) in [5.74, 6) is -0.406. The molecule has 1 unspecified atom stereocenters. The second kappa shape index (κ2) is 27.4. The van der Waals surface area contributed by atoms with Gasteiger partial charge in [0.15, 0.2) is 44.0 Å². The lowest BCUT2D eigenvalue weighted by Gasteiger charge is -2.42. The maximum atomic E-state index is 11.2. The third kappa shape index (κ3) is 15.8. The summed E-state index contributed by atoms with van der Waals surface area (Å²) >= 11 is 0. The maximum absolute atomic E-state index is 11.2. The Morgan fingerprint density at radius 2 is 0.803 bits per heavy atom. The van der Waals surface area contributed by atoms with Crippen LogP contribution in [0, 0.1) is 5.92 Å². The van der Waals surface area contributed by atoms with Gasteiger partial charge in [-0.25, -0.2) is 0 Å². The molecule has 8 aliphatic rings. The smallest absolute Gasteiger partial charge is 0.184 e. The normalized spacial score (nSPS) is 46.8. The van der Waals surface area contributed by atoms with E-state index in [-0.39, 0.29) is 90.7 Å². The largest absolute Gasteiger partial charge is 0.393 e. The summed E-state index contributed by atoms with van der Waals surface area (Å²) in [6.07, 6.45) is -12.7. The maximum Gasteiger partial charge on any atom is 0.184 e. The van der Waals surface area contributed by atoms with Gasteiger partial charge in [0.2, 0.25) is 0 Å². The lowest BCUT2D eigenvalue weighted by Crippen LogP contribution is -2.53. The third-order valence-corrected chi connectivity index (χ3v) is 14.3. The SMILES string of the molecule is CCCC(O)[C@@H]1C[C@H](O[C@H]2OC[C@@H](O[C@H]3OCC[C@@H](O[C@H]4OC[C@@H](O[C@H]5OC[C@@H](O[C@H]6OC[C@@H](O[C@H]7OC[C@@H](O)C[C@H]7OC)C[C@H]6OC)C[C@H]5O)C[C@H]4O)C[C@H]3O)C[C@H]2O)CO[C@@H]1O[C@@H]1COC[C@H](O)C1. The Morgan fingerprint density at radius 3 is 1.34 bits per heavy atom. The molecule has 0 bridgehead atoms. The van der Waals surface area contributed by atoms with Crippen LogP contribution in [0.15, 0.2) is 0 Å². The van der Waals surface area contributed by atoms with E-state index in [4.69, 9.17) is 80.5 Å². The van der Waals surface area contributed by atoms with Crippen LogP contribution in [0.25, 0.3) is 0 Å². The van der Waals surface area contributed by atoms with E-state index < -0.39 is 135 Å². The van der Waals surface area contributed by atoms with E-state index in [1.165, 1.54) is 0 Å². The Bertz CT molecular complexity index is 1540. The van der Waals surface area contributed by atoms with E-state index in [2.05, 4.69) is 0 Å². The molecule has 24 heteroatoms. The fourth-order valence-corrected chi connectivity index (χ4v) is 10.5. The minimum absolute atomic E-state index is 0.0544. The summed E-state index contributed by atoms with van der Waals surface area (Å²) in [6.45, 7) is 3.49. The molecule has 0 saturated carbocycles. The van der Waals surface area contributed by atoms with Gasteiger partial charge in [0.25, 0.3) is 0 Å². The Balaban J connectivity index is 0.711. The Morgan fingerprint density at radius 1 is 0.408 bits per heavy atom. The number of aliphatic hydroxyl groups is 7. The molecule has 71 heavy (non-hydrogen) atoms. The molecule has 0 aliphatic carbocycles. The van der Waals surface area contributed by atoms with Crippen LogP contribution in [0.5, 0.6) is 0 Å². The molecule has 24 atom stereocenters. The number of hydrogen-bond donors (Lipinski definition) is 7. The fraction of sp³-hybridized carbons (Fsp3) is 1.00. The van der Waals surface area contributed by atoms with Crippen molar-refractivity contribution in [1.82, 2.24) is 0 Å². The molecule has 412 valence electrons. The molecule has 0 spiro atoms. The van der Waals surface area contributed by atoms with Gasteiger partial charge in [-0.1, -0.05) is 13.3 Å². The molecule has 8 aliphatic heterocycles. The monoisotopic (exact) mass is 1030 g/mol. The van der Waals surface area contributed by atoms with Crippen LogP contribution >= 0.6 is 0 Å². The van der Waals surface area contributed by atoms with Crippen LogP contribution in [0.2, 0.25) is 0 Å². The van der Waals surface area contributed by atoms with Crippen molar-refractivity contribution >= 4 is 0 Å². The number of aliphatic hydroxyl groups excluding tert-OH is 7. The first-order valence-electron chi connectivity index (χ1n) is 25.6. The van der Waals surface area contributed by atoms with E-state index in [1.54, 1.807) is 14.2 Å². The summed E-state index contributed by atoms with van der Waals surface area (Å²) in [5.41, 5.74) is 0. The molecule has 0 aromatic heterocycles. The van der Waals surface area contributed by atoms with Crippen LogP contribution in [0.4, 0.5) is 0 Å². The van der Waals surface area contributed by atoms with Gasteiger partial charge in [-0.05, 0) is 19.3 Å². The highest BCUT2D eigenvalue weighted by Gasteiger charge is 2.45. The van der Waals surface area contributed by atoms with Gasteiger partial charge in [0.1, 0.15) is 36.6 Å². The first-order chi connectivity index (χ1) is 34.3. The first kappa shape index (κ1) is 56.2. The van der Waals surface area contributed by atoms with Gasteiger partial charge < -0.3 is 116 Å². The van der Waals surface area contributed by atoms with Crippen molar-refractivity contribution in [1.29, 1.82) is 0 Å². The van der Waals surface area contributed by atoms with Crippen LogP contribution < -0.4 is 0 Å². The molecule has 0 radical (unpaired) electrons. The average molecular weight is 1030 g/mol. The van der Waals surface area contributed by atoms with E-state index in [0.717, 1.165) is 6.42 Å². The van der Waals surface area contributed by atoms with Crippen molar-refractivity contribution in [3.63, 3.8) is 0 Å². The molecule has 7 N–H and O–H groups in total. The van der Waals surface area contributed by atoms with Crippen molar-refractivity contribution in [3.05, 3.63) is 0 Å². The molecule has 0 amide bonds. The summed E-state index contributed by atoms with van der Waals surface area (Å²) in [6, 6.07) is 0. The molecule has 8 saturated heterocycles. The number of hydrogen-bond acceptors (Lipinski definition) is 24. The predicted octanol–water partition coefficient (Wildman–Crippen LogP) is -1.31. The van der Waals surface area contributed by atoms with E-state index in [9.17, 15) is 35.7 Å². The Labute approximate surface area is 414 Å². The summed E-state index contributed by atoms with van der Waals surface area (Å²) < 4.78 is 101. The average Bonchev–Trinajstić information content (AvgIpc) is 3.52. The van der Waals surface area contributed by atoms with Gasteiger partial charge in [-0.3, -0.25) is 0 Å². The minimum atomic E-state index is -1.11. The van der Waals surface area contributed by atoms with Gasteiger partial charge in [-0.15, -0.1) is 0 Å². The molecule has 0 aromatic carbocycles. The zero-order chi connectivity index (χ0) is 50.0. The number of ether oxygens (including phenoxy) is 17. The molecule has 8 rings (SSSR count). The van der Waals surface area contributed by atoms with Crippen molar-refractivity contribution < 1.29 is 116 Å². The van der Waals surface area contributed by atoms with E-state index in [1.807, 2.05) is 6.92 Å².